The van der Waals surface area contributed by atoms with Gasteiger partial charge in [0.15, 0.2) is 0 Å². The number of hydrogen-bond acceptors (Lipinski definition) is 4. The Morgan fingerprint density at radius 2 is 1.68 bits per heavy atom. The van der Waals surface area contributed by atoms with Crippen LogP contribution in [0.4, 0.5) is 0 Å². The molecule has 0 saturated heterocycles. The minimum absolute atomic E-state index is 0.00402. The number of ether oxygens (including phenoxy) is 1. The Kier molecular flexibility index (Phi) is 11.1. The molecule has 0 bridgehead atoms. The molecule has 0 aliphatic carbocycles. The van der Waals surface area contributed by atoms with Crippen LogP contribution in [0.5, 0.6) is 0 Å². The van der Waals surface area contributed by atoms with Gasteiger partial charge in [-0.3, -0.25) is 14.9 Å². The summed E-state index contributed by atoms with van der Waals surface area (Å²) in [5.41, 5.74) is -0.534. The van der Waals surface area contributed by atoms with Gasteiger partial charge in [-0.2, -0.15) is 0 Å². The first-order valence-electron chi connectivity index (χ1n) is 9.14. The quantitative estimate of drug-likeness (QED) is 0.467. The second-order valence-electron chi connectivity index (χ2n) is 7.56. The third-order valence-electron chi connectivity index (χ3n) is 3.59. The standard InChI is InChI=1S/C20H36N2O3/c1-8-9-10-11-12-13-17(19(24)22-16(4)15(2)3)21-14-18(23)25-20(5,6)7/h9-12,15-17,21H,8,13-14H2,1-7H3,(H,22,24)/b10-9-,12-11-. The zero-order valence-electron chi connectivity index (χ0n) is 16.9. The normalized spacial score (nSPS) is 14.9. The van der Waals surface area contributed by atoms with Gasteiger partial charge in [-0.15, -0.1) is 0 Å². The molecule has 0 aliphatic heterocycles. The van der Waals surface area contributed by atoms with Crippen LogP contribution in [0.2, 0.25) is 0 Å². The number of esters is 1. The molecule has 2 N–H and O–H groups in total. The highest BCUT2D eigenvalue weighted by atomic mass is 16.6. The van der Waals surface area contributed by atoms with Crippen molar-refractivity contribution in [3.63, 3.8) is 0 Å². The molecule has 0 aromatic heterocycles. The lowest BCUT2D eigenvalue weighted by Crippen LogP contribution is -2.49. The van der Waals surface area contributed by atoms with Gasteiger partial charge in [0.05, 0.1) is 12.6 Å². The topological polar surface area (TPSA) is 67.4 Å². The minimum Gasteiger partial charge on any atom is -0.459 e. The monoisotopic (exact) mass is 352 g/mol. The Morgan fingerprint density at radius 3 is 2.20 bits per heavy atom. The van der Waals surface area contributed by atoms with Crippen LogP contribution in [0.3, 0.4) is 0 Å². The summed E-state index contributed by atoms with van der Waals surface area (Å²) < 4.78 is 5.28. The largest absolute Gasteiger partial charge is 0.459 e. The van der Waals surface area contributed by atoms with Crippen molar-refractivity contribution in [2.75, 3.05) is 6.54 Å². The van der Waals surface area contributed by atoms with Crippen LogP contribution in [-0.2, 0) is 14.3 Å². The molecule has 0 spiro atoms. The van der Waals surface area contributed by atoms with Crippen molar-refractivity contribution >= 4 is 11.9 Å². The summed E-state index contributed by atoms with van der Waals surface area (Å²) in [6.07, 6.45) is 9.33. The molecule has 0 heterocycles. The smallest absolute Gasteiger partial charge is 0.320 e. The van der Waals surface area contributed by atoms with Crippen LogP contribution >= 0.6 is 0 Å². The van der Waals surface area contributed by atoms with Gasteiger partial charge < -0.3 is 10.1 Å². The van der Waals surface area contributed by atoms with E-state index in [9.17, 15) is 9.59 Å². The molecule has 0 saturated carbocycles. The van der Waals surface area contributed by atoms with Crippen molar-refractivity contribution in [3.8, 4) is 0 Å². The SMILES string of the molecule is CC/C=C\C=C/CC(NCC(=O)OC(C)(C)C)C(=O)NC(C)C(C)C. The van der Waals surface area contributed by atoms with Crippen molar-refractivity contribution in [1.82, 2.24) is 10.6 Å². The van der Waals surface area contributed by atoms with E-state index in [1.165, 1.54) is 0 Å². The number of hydrogen-bond donors (Lipinski definition) is 2. The molecule has 25 heavy (non-hydrogen) atoms. The summed E-state index contributed by atoms with van der Waals surface area (Å²) in [6, 6.07) is -0.401. The highest BCUT2D eigenvalue weighted by molar-refractivity contribution is 5.83. The minimum atomic E-state index is -0.534. The number of amides is 1. The summed E-state index contributed by atoms with van der Waals surface area (Å²) in [5, 5.41) is 6.01. The van der Waals surface area contributed by atoms with Crippen molar-refractivity contribution in [2.45, 2.75) is 79.0 Å². The van der Waals surface area contributed by atoms with Crippen LogP contribution in [-0.4, -0.2) is 36.1 Å². The first-order valence-corrected chi connectivity index (χ1v) is 9.14. The number of allylic oxidation sites excluding steroid dienone is 3. The Bertz CT molecular complexity index is 462. The maximum atomic E-state index is 12.5. The molecule has 0 radical (unpaired) electrons. The van der Waals surface area contributed by atoms with E-state index < -0.39 is 11.6 Å². The van der Waals surface area contributed by atoms with Crippen LogP contribution in [0.25, 0.3) is 0 Å². The molecule has 2 unspecified atom stereocenters. The molecule has 144 valence electrons. The zero-order valence-corrected chi connectivity index (χ0v) is 16.9. The summed E-state index contributed by atoms with van der Waals surface area (Å²) in [6.45, 7) is 13.6. The number of rotatable bonds is 10. The van der Waals surface area contributed by atoms with Gasteiger partial charge in [0, 0.05) is 6.04 Å². The van der Waals surface area contributed by atoms with Gasteiger partial charge in [-0.05, 0) is 46.5 Å². The molecule has 0 aromatic rings. The van der Waals surface area contributed by atoms with E-state index in [4.69, 9.17) is 4.74 Å². The van der Waals surface area contributed by atoms with Crippen molar-refractivity contribution in [1.29, 1.82) is 0 Å². The summed E-state index contributed by atoms with van der Waals surface area (Å²) in [5.74, 6) is -0.121. The van der Waals surface area contributed by atoms with E-state index in [-0.39, 0.29) is 24.5 Å². The lowest BCUT2D eigenvalue weighted by molar-refractivity contribution is -0.153. The highest BCUT2D eigenvalue weighted by Crippen LogP contribution is 2.07. The predicted octanol–water partition coefficient (Wildman–Crippen LogP) is 3.36. The van der Waals surface area contributed by atoms with Gasteiger partial charge in [0.2, 0.25) is 5.91 Å². The fraction of sp³-hybridized carbons (Fsp3) is 0.700. The summed E-state index contributed by atoms with van der Waals surface area (Å²) >= 11 is 0. The van der Waals surface area contributed by atoms with E-state index in [1.807, 2.05) is 52.0 Å². The summed E-state index contributed by atoms with van der Waals surface area (Å²) in [4.78, 5) is 24.4. The average molecular weight is 353 g/mol. The van der Waals surface area contributed by atoms with Crippen molar-refractivity contribution in [2.24, 2.45) is 5.92 Å². The maximum absolute atomic E-state index is 12.5. The first-order chi connectivity index (χ1) is 11.6. The molecular formula is C20H36N2O3. The summed E-state index contributed by atoms with van der Waals surface area (Å²) in [7, 11) is 0. The predicted molar refractivity (Wildman–Crippen MR) is 103 cm³/mol. The van der Waals surface area contributed by atoms with E-state index in [0.717, 1.165) is 6.42 Å². The Hall–Kier alpha value is -1.62. The molecule has 2 atom stereocenters. The zero-order chi connectivity index (χ0) is 19.5. The first kappa shape index (κ1) is 23.4. The number of carbonyl (C=O) groups excluding carboxylic acids is 2. The molecule has 5 heteroatoms. The van der Waals surface area contributed by atoms with E-state index in [2.05, 4.69) is 31.4 Å². The Labute approximate surface area is 153 Å². The van der Waals surface area contributed by atoms with E-state index in [1.54, 1.807) is 0 Å². The van der Waals surface area contributed by atoms with Gasteiger partial charge >= 0.3 is 5.97 Å². The lowest BCUT2D eigenvalue weighted by Gasteiger charge is -2.23. The molecule has 0 aromatic carbocycles. The molecular weight excluding hydrogens is 316 g/mol. The maximum Gasteiger partial charge on any atom is 0.320 e. The molecule has 0 fully saturated rings. The molecule has 1 amide bonds. The van der Waals surface area contributed by atoms with Crippen LogP contribution in [0, 0.1) is 5.92 Å². The van der Waals surface area contributed by atoms with Gasteiger partial charge in [-0.1, -0.05) is 45.1 Å². The Balaban J connectivity index is 4.76. The molecule has 5 nitrogen and oxygen atoms in total. The van der Waals surface area contributed by atoms with E-state index >= 15 is 0 Å². The van der Waals surface area contributed by atoms with Gasteiger partial charge in [0.25, 0.3) is 0 Å². The van der Waals surface area contributed by atoms with Crippen LogP contribution in [0.15, 0.2) is 24.3 Å². The van der Waals surface area contributed by atoms with E-state index in [0.29, 0.717) is 12.3 Å². The van der Waals surface area contributed by atoms with Crippen LogP contribution < -0.4 is 10.6 Å². The van der Waals surface area contributed by atoms with Gasteiger partial charge in [0.1, 0.15) is 5.60 Å². The average Bonchev–Trinajstić information content (AvgIpc) is 2.47. The Morgan fingerprint density at radius 1 is 1.08 bits per heavy atom. The van der Waals surface area contributed by atoms with Crippen molar-refractivity contribution < 1.29 is 14.3 Å². The van der Waals surface area contributed by atoms with Crippen molar-refractivity contribution in [3.05, 3.63) is 24.3 Å². The number of nitrogens with one attached hydrogen (secondary N) is 2. The van der Waals surface area contributed by atoms with Crippen LogP contribution in [0.1, 0.15) is 61.3 Å². The molecule has 0 rings (SSSR count). The fourth-order valence-corrected chi connectivity index (χ4v) is 1.87. The second kappa shape index (κ2) is 11.9. The van der Waals surface area contributed by atoms with Gasteiger partial charge in [-0.25, -0.2) is 0 Å². The number of carbonyl (C=O) groups is 2. The molecule has 0 aliphatic rings. The second-order valence-corrected chi connectivity index (χ2v) is 7.56. The fourth-order valence-electron chi connectivity index (χ4n) is 1.87. The third-order valence-corrected chi connectivity index (χ3v) is 3.59. The lowest BCUT2D eigenvalue weighted by atomic mass is 10.1. The highest BCUT2D eigenvalue weighted by Gasteiger charge is 2.22. The third kappa shape index (κ3) is 12.4.